The van der Waals surface area contributed by atoms with Gasteiger partial charge in [0.2, 0.25) is 24.1 Å². The van der Waals surface area contributed by atoms with Gasteiger partial charge in [-0.05, 0) is 12.1 Å². The topological polar surface area (TPSA) is 109 Å². The lowest BCUT2D eigenvalue weighted by Gasteiger charge is -2.38. The molecule has 0 bridgehead atoms. The summed E-state index contributed by atoms with van der Waals surface area (Å²) in [5.74, 6) is 1.93. The van der Waals surface area contributed by atoms with Gasteiger partial charge in [-0.25, -0.2) is 0 Å². The Labute approximate surface area is 151 Å². The van der Waals surface area contributed by atoms with Crippen LogP contribution in [-0.2, 0) is 9.47 Å². The zero-order chi connectivity index (χ0) is 18.7. The number of anilines is 3. The van der Waals surface area contributed by atoms with Crippen molar-refractivity contribution >= 4 is 17.8 Å². The fourth-order valence-electron chi connectivity index (χ4n) is 2.40. The van der Waals surface area contributed by atoms with Crippen LogP contribution >= 0.6 is 0 Å². The Morgan fingerprint density at radius 2 is 1.73 bits per heavy atom. The van der Waals surface area contributed by atoms with Gasteiger partial charge in [0.1, 0.15) is 5.54 Å². The van der Waals surface area contributed by atoms with Crippen LogP contribution in [0.3, 0.4) is 0 Å². The van der Waals surface area contributed by atoms with Gasteiger partial charge in [-0.2, -0.15) is 15.0 Å². The first-order chi connectivity index (χ1) is 12.4. The largest absolute Gasteiger partial charge is 0.464 e. The predicted molar refractivity (Wildman–Crippen MR) is 95.3 cm³/mol. The van der Waals surface area contributed by atoms with Crippen molar-refractivity contribution in [3.05, 3.63) is 24.2 Å². The molecule has 0 atom stereocenters. The van der Waals surface area contributed by atoms with Gasteiger partial charge in [0.15, 0.2) is 5.76 Å². The van der Waals surface area contributed by atoms with Crippen molar-refractivity contribution in [2.45, 2.75) is 11.8 Å². The van der Waals surface area contributed by atoms with E-state index in [4.69, 9.17) is 13.9 Å². The number of hydrogen-bond acceptors (Lipinski definition) is 10. The van der Waals surface area contributed by atoms with E-state index in [1.807, 2.05) is 28.2 Å². The molecule has 0 amide bonds. The number of nitrogens with one attached hydrogen (secondary N) is 1. The van der Waals surface area contributed by atoms with E-state index in [-0.39, 0.29) is 19.8 Å². The van der Waals surface area contributed by atoms with E-state index in [0.29, 0.717) is 23.6 Å². The first kappa shape index (κ1) is 18.4. The van der Waals surface area contributed by atoms with E-state index >= 15 is 0 Å². The van der Waals surface area contributed by atoms with Crippen molar-refractivity contribution in [2.75, 3.05) is 63.1 Å². The molecule has 26 heavy (non-hydrogen) atoms. The van der Waals surface area contributed by atoms with Crippen LogP contribution in [-0.4, -0.2) is 73.6 Å². The molecular formula is C16H24N6O4. The smallest absolute Gasteiger partial charge is 0.231 e. The molecule has 10 nitrogen and oxygen atoms in total. The quantitative estimate of drug-likeness (QED) is 0.751. The predicted octanol–water partition coefficient (Wildman–Crippen LogP) is 0.485. The highest BCUT2D eigenvalue weighted by Crippen LogP contribution is 2.29. The van der Waals surface area contributed by atoms with E-state index in [0.717, 1.165) is 0 Å². The number of hydrogen-bond donors (Lipinski definition) is 2. The number of aromatic nitrogens is 3. The Hall–Kier alpha value is -2.43. The van der Waals surface area contributed by atoms with Gasteiger partial charge in [-0.15, -0.1) is 0 Å². The Bertz CT molecular complexity index is 687. The molecule has 0 aliphatic carbocycles. The Kier molecular flexibility index (Phi) is 5.25. The fourth-order valence-corrected chi connectivity index (χ4v) is 2.40. The molecule has 10 heteroatoms. The number of nitrogens with zero attached hydrogens (tertiary/aromatic N) is 5. The molecule has 0 unspecified atom stereocenters. The van der Waals surface area contributed by atoms with Gasteiger partial charge in [0, 0.05) is 28.2 Å². The van der Waals surface area contributed by atoms with Crippen LogP contribution in [0.5, 0.6) is 0 Å². The molecule has 2 aromatic rings. The standard InChI is InChI=1S/C16H24N6O4/c1-21(2)14-17-13(18-15(19-14)22(3)4)20-16(8-23)9-25-12(26-10-16)11-6-5-7-24-11/h5-7,12,23H,8-10H2,1-4H3,(H,17,18,19,20). The van der Waals surface area contributed by atoms with E-state index in [2.05, 4.69) is 20.3 Å². The number of ether oxygens (including phenoxy) is 2. The molecule has 1 aliphatic rings. The lowest BCUT2D eigenvalue weighted by atomic mass is 10.0. The van der Waals surface area contributed by atoms with E-state index in [1.54, 1.807) is 28.2 Å². The summed E-state index contributed by atoms with van der Waals surface area (Å²) < 4.78 is 16.8. The Balaban J connectivity index is 1.78. The van der Waals surface area contributed by atoms with Crippen LogP contribution in [0.4, 0.5) is 17.8 Å². The van der Waals surface area contributed by atoms with Crippen LogP contribution < -0.4 is 15.1 Å². The highest BCUT2D eigenvalue weighted by molar-refractivity contribution is 5.45. The fraction of sp³-hybridized carbons (Fsp3) is 0.562. The molecule has 142 valence electrons. The Morgan fingerprint density at radius 3 is 2.19 bits per heavy atom. The third kappa shape index (κ3) is 3.87. The number of furan rings is 1. The zero-order valence-electron chi connectivity index (χ0n) is 15.3. The molecule has 0 saturated carbocycles. The van der Waals surface area contributed by atoms with E-state index in [9.17, 15) is 5.11 Å². The maximum absolute atomic E-state index is 9.94. The first-order valence-electron chi connectivity index (χ1n) is 8.19. The minimum atomic E-state index is -0.863. The summed E-state index contributed by atoms with van der Waals surface area (Å²) in [4.78, 5) is 16.7. The summed E-state index contributed by atoms with van der Waals surface area (Å²) in [5.41, 5.74) is -0.863. The highest BCUT2D eigenvalue weighted by Gasteiger charge is 2.39. The second-order valence-electron chi connectivity index (χ2n) is 6.58. The van der Waals surface area contributed by atoms with E-state index < -0.39 is 11.8 Å². The minimum absolute atomic E-state index is 0.204. The lowest BCUT2D eigenvalue weighted by molar-refractivity contribution is -0.219. The van der Waals surface area contributed by atoms with Gasteiger partial charge in [-0.1, -0.05) is 0 Å². The molecule has 1 saturated heterocycles. The van der Waals surface area contributed by atoms with Crippen LogP contribution in [0, 0.1) is 0 Å². The normalized spacial score (nSPS) is 22.9. The second-order valence-corrected chi connectivity index (χ2v) is 6.58. The molecule has 1 fully saturated rings. The van der Waals surface area contributed by atoms with Crippen LogP contribution in [0.25, 0.3) is 0 Å². The summed E-state index contributed by atoms with van der Waals surface area (Å²) >= 11 is 0. The second kappa shape index (κ2) is 7.44. The highest BCUT2D eigenvalue weighted by atomic mass is 16.7. The molecule has 0 spiro atoms. The SMILES string of the molecule is CN(C)c1nc(NC2(CO)COC(c3ccco3)OC2)nc(N(C)C)n1. The third-order valence-electron chi connectivity index (χ3n) is 3.89. The van der Waals surface area contributed by atoms with Gasteiger partial charge in [0.05, 0.1) is 26.1 Å². The summed E-state index contributed by atoms with van der Waals surface area (Å²) in [7, 11) is 7.39. The molecule has 3 rings (SSSR count). The number of aliphatic hydroxyl groups excluding tert-OH is 1. The first-order valence-corrected chi connectivity index (χ1v) is 8.19. The molecule has 0 aromatic carbocycles. The molecule has 0 radical (unpaired) electrons. The molecule has 1 aliphatic heterocycles. The number of aliphatic hydroxyl groups is 1. The van der Waals surface area contributed by atoms with Gasteiger partial charge < -0.3 is 34.1 Å². The minimum Gasteiger partial charge on any atom is -0.464 e. The molecule has 2 N–H and O–H groups in total. The summed E-state index contributed by atoms with van der Waals surface area (Å²) in [6, 6.07) is 3.55. The maximum Gasteiger partial charge on any atom is 0.231 e. The molecular weight excluding hydrogens is 340 g/mol. The third-order valence-corrected chi connectivity index (χ3v) is 3.89. The van der Waals surface area contributed by atoms with Crippen molar-refractivity contribution in [1.82, 2.24) is 15.0 Å². The summed E-state index contributed by atoms with van der Waals surface area (Å²) in [5, 5.41) is 13.1. The summed E-state index contributed by atoms with van der Waals surface area (Å²) in [6.45, 7) is 0.197. The van der Waals surface area contributed by atoms with Gasteiger partial charge >= 0.3 is 0 Å². The average molecular weight is 364 g/mol. The summed E-state index contributed by atoms with van der Waals surface area (Å²) in [6.07, 6.45) is 0.962. The van der Waals surface area contributed by atoms with Gasteiger partial charge in [-0.3, -0.25) is 0 Å². The number of rotatable bonds is 6. The van der Waals surface area contributed by atoms with Crippen LogP contribution in [0.15, 0.2) is 22.8 Å². The lowest BCUT2D eigenvalue weighted by Crippen LogP contribution is -2.54. The van der Waals surface area contributed by atoms with E-state index in [1.165, 1.54) is 0 Å². The Morgan fingerprint density at radius 1 is 1.12 bits per heavy atom. The molecule has 3 heterocycles. The molecule has 2 aromatic heterocycles. The monoisotopic (exact) mass is 364 g/mol. The van der Waals surface area contributed by atoms with Crippen molar-refractivity contribution < 1.29 is 19.0 Å². The average Bonchev–Trinajstić information content (AvgIpc) is 3.16. The van der Waals surface area contributed by atoms with Crippen LogP contribution in [0.1, 0.15) is 12.1 Å². The maximum atomic E-state index is 9.94. The van der Waals surface area contributed by atoms with Crippen molar-refractivity contribution in [2.24, 2.45) is 0 Å². The van der Waals surface area contributed by atoms with Gasteiger partial charge in [0.25, 0.3) is 0 Å². The van der Waals surface area contributed by atoms with Crippen molar-refractivity contribution in [3.63, 3.8) is 0 Å². The van der Waals surface area contributed by atoms with Crippen molar-refractivity contribution in [1.29, 1.82) is 0 Å². The van der Waals surface area contributed by atoms with Crippen molar-refractivity contribution in [3.8, 4) is 0 Å². The van der Waals surface area contributed by atoms with Crippen LogP contribution in [0.2, 0.25) is 0 Å². The zero-order valence-corrected chi connectivity index (χ0v) is 15.3.